The first-order chi connectivity index (χ1) is 8.67. The number of hydrogen-bond donors (Lipinski definition) is 1. The van der Waals surface area contributed by atoms with Crippen molar-refractivity contribution in [3.63, 3.8) is 0 Å². The summed E-state index contributed by atoms with van der Waals surface area (Å²) in [4.78, 5) is 17.9. The highest BCUT2D eigenvalue weighted by molar-refractivity contribution is 5.76. The molecule has 7 nitrogen and oxygen atoms in total. The highest BCUT2D eigenvalue weighted by Gasteiger charge is 2.39. The first kappa shape index (κ1) is 13.8. The molecule has 1 amide bonds. The third-order valence-electron chi connectivity index (χ3n) is 2.90. The minimum Gasteiger partial charge on any atom is -0.367 e. The third kappa shape index (κ3) is 3.44. The molecule has 1 fully saturated rings. The summed E-state index contributed by atoms with van der Waals surface area (Å²) in [7, 11) is 0. The maximum absolute atomic E-state index is 12.3. The van der Waals surface area contributed by atoms with E-state index in [0.717, 1.165) is 0 Å². The van der Waals surface area contributed by atoms with Crippen LogP contribution in [0.4, 0.5) is 5.95 Å². The average Bonchev–Trinajstić information content (AvgIpc) is 2.59. The second-order valence-corrected chi connectivity index (χ2v) is 6.17. The fraction of sp³-hybridized carbons (Fsp3) is 0.750. The number of carbonyl (C=O) groups excluding carboxylic acids is 1. The molecule has 1 saturated heterocycles. The molecule has 106 valence electrons. The summed E-state index contributed by atoms with van der Waals surface area (Å²) in [5.41, 5.74) is 4.73. The Morgan fingerprint density at radius 1 is 1.37 bits per heavy atom. The van der Waals surface area contributed by atoms with E-state index in [1.807, 2.05) is 27.7 Å². The summed E-state index contributed by atoms with van der Waals surface area (Å²) < 4.78 is 7.40. The number of anilines is 1. The predicted molar refractivity (Wildman–Crippen MR) is 70.3 cm³/mol. The Kier molecular flexibility index (Phi) is 3.25. The molecule has 0 bridgehead atoms. The van der Waals surface area contributed by atoms with E-state index >= 15 is 0 Å². The quantitative estimate of drug-likeness (QED) is 0.831. The van der Waals surface area contributed by atoms with Crippen molar-refractivity contribution in [2.45, 2.75) is 45.4 Å². The number of nitrogens with zero attached hydrogens (tertiary/aromatic N) is 4. The smallest absolute Gasteiger partial charge is 0.244 e. The molecule has 19 heavy (non-hydrogen) atoms. The summed E-state index contributed by atoms with van der Waals surface area (Å²) in [6, 6.07) is 0. The number of hydrogen-bond acceptors (Lipinski definition) is 5. The molecule has 0 aromatic carbocycles. The normalized spacial score (nSPS) is 21.4. The van der Waals surface area contributed by atoms with Crippen LogP contribution in [0.5, 0.6) is 0 Å². The molecular weight excluding hydrogens is 246 g/mol. The number of amides is 1. The second kappa shape index (κ2) is 4.48. The summed E-state index contributed by atoms with van der Waals surface area (Å²) in [5.74, 6) is 0.171. The zero-order chi connectivity index (χ0) is 14.3. The Bertz CT molecular complexity index is 464. The summed E-state index contributed by atoms with van der Waals surface area (Å²) in [5, 5.41) is 3.92. The lowest BCUT2D eigenvalue weighted by Crippen LogP contribution is -2.59. The number of carbonyl (C=O) groups is 1. The number of nitrogens with two attached hydrogens (primary N) is 1. The SMILES string of the molecule is CC1(C)CN(C(=O)Cn2cnc(N)n2)CC(C)(C)O1. The fourth-order valence-electron chi connectivity index (χ4n) is 2.59. The molecule has 2 rings (SSSR count). The van der Waals surface area contributed by atoms with Crippen LogP contribution in [0.25, 0.3) is 0 Å². The van der Waals surface area contributed by atoms with E-state index in [0.29, 0.717) is 13.1 Å². The van der Waals surface area contributed by atoms with Crippen LogP contribution in [-0.2, 0) is 16.1 Å². The van der Waals surface area contributed by atoms with Gasteiger partial charge in [-0.3, -0.25) is 4.79 Å². The molecule has 1 aromatic rings. The van der Waals surface area contributed by atoms with Crippen LogP contribution in [0.3, 0.4) is 0 Å². The van der Waals surface area contributed by atoms with Crippen molar-refractivity contribution >= 4 is 11.9 Å². The number of ether oxygens (including phenoxy) is 1. The van der Waals surface area contributed by atoms with E-state index in [4.69, 9.17) is 10.5 Å². The summed E-state index contributed by atoms with van der Waals surface area (Å²) in [6.07, 6.45) is 1.46. The van der Waals surface area contributed by atoms with E-state index in [1.54, 1.807) is 4.90 Å². The largest absolute Gasteiger partial charge is 0.367 e. The van der Waals surface area contributed by atoms with Gasteiger partial charge >= 0.3 is 0 Å². The van der Waals surface area contributed by atoms with E-state index in [-0.39, 0.29) is 29.6 Å². The fourth-order valence-corrected chi connectivity index (χ4v) is 2.59. The van der Waals surface area contributed by atoms with Gasteiger partial charge in [0.25, 0.3) is 0 Å². The van der Waals surface area contributed by atoms with Crippen molar-refractivity contribution in [3.05, 3.63) is 6.33 Å². The van der Waals surface area contributed by atoms with Gasteiger partial charge in [-0.05, 0) is 27.7 Å². The highest BCUT2D eigenvalue weighted by Crippen LogP contribution is 2.28. The van der Waals surface area contributed by atoms with Crippen LogP contribution in [0.2, 0.25) is 0 Å². The zero-order valence-corrected chi connectivity index (χ0v) is 11.9. The number of aromatic nitrogens is 3. The van der Waals surface area contributed by atoms with Crippen molar-refractivity contribution in [1.82, 2.24) is 19.7 Å². The van der Waals surface area contributed by atoms with Gasteiger partial charge in [-0.2, -0.15) is 0 Å². The highest BCUT2D eigenvalue weighted by atomic mass is 16.5. The van der Waals surface area contributed by atoms with Gasteiger partial charge in [-0.1, -0.05) is 0 Å². The molecule has 0 atom stereocenters. The second-order valence-electron chi connectivity index (χ2n) is 6.17. The van der Waals surface area contributed by atoms with Crippen LogP contribution >= 0.6 is 0 Å². The predicted octanol–water partition coefficient (Wildman–Crippen LogP) is 0.276. The van der Waals surface area contributed by atoms with Gasteiger partial charge in [0.1, 0.15) is 12.9 Å². The number of morpholine rings is 1. The maximum atomic E-state index is 12.3. The van der Waals surface area contributed by atoms with E-state index in [9.17, 15) is 4.79 Å². The van der Waals surface area contributed by atoms with Crippen LogP contribution < -0.4 is 5.73 Å². The van der Waals surface area contributed by atoms with Crippen molar-refractivity contribution < 1.29 is 9.53 Å². The lowest BCUT2D eigenvalue weighted by Gasteiger charge is -2.47. The molecule has 1 aliphatic rings. The van der Waals surface area contributed by atoms with Gasteiger partial charge < -0.3 is 15.4 Å². The monoisotopic (exact) mass is 267 g/mol. The van der Waals surface area contributed by atoms with E-state index < -0.39 is 0 Å². The molecule has 1 aliphatic heterocycles. The van der Waals surface area contributed by atoms with Crippen LogP contribution in [-0.4, -0.2) is 49.9 Å². The van der Waals surface area contributed by atoms with Gasteiger partial charge in [0.2, 0.25) is 11.9 Å². The van der Waals surface area contributed by atoms with Crippen molar-refractivity contribution in [2.75, 3.05) is 18.8 Å². The molecule has 7 heteroatoms. The van der Waals surface area contributed by atoms with Gasteiger partial charge in [0.05, 0.1) is 11.2 Å². The maximum Gasteiger partial charge on any atom is 0.244 e. The van der Waals surface area contributed by atoms with Crippen molar-refractivity contribution in [1.29, 1.82) is 0 Å². The van der Waals surface area contributed by atoms with Crippen LogP contribution in [0.1, 0.15) is 27.7 Å². The number of rotatable bonds is 2. The summed E-state index contributed by atoms with van der Waals surface area (Å²) in [6.45, 7) is 9.24. The Morgan fingerprint density at radius 3 is 2.42 bits per heavy atom. The Balaban J connectivity index is 2.06. The Labute approximate surface area is 112 Å². The molecule has 0 aliphatic carbocycles. The number of nitrogen functional groups attached to an aromatic ring is 1. The van der Waals surface area contributed by atoms with Gasteiger partial charge in [0.15, 0.2) is 0 Å². The first-order valence-electron chi connectivity index (χ1n) is 6.30. The Morgan fingerprint density at radius 2 is 1.95 bits per heavy atom. The molecular formula is C12H21N5O2. The van der Waals surface area contributed by atoms with Crippen molar-refractivity contribution in [2.24, 2.45) is 0 Å². The van der Waals surface area contributed by atoms with Gasteiger partial charge in [-0.25, -0.2) is 9.67 Å². The van der Waals surface area contributed by atoms with Gasteiger partial charge in [0, 0.05) is 13.1 Å². The van der Waals surface area contributed by atoms with E-state index in [1.165, 1.54) is 11.0 Å². The minimum atomic E-state index is -0.348. The molecule has 0 spiro atoms. The first-order valence-corrected chi connectivity index (χ1v) is 6.30. The molecule has 2 heterocycles. The lowest BCUT2D eigenvalue weighted by atomic mass is 9.99. The summed E-state index contributed by atoms with van der Waals surface area (Å²) >= 11 is 0. The van der Waals surface area contributed by atoms with Gasteiger partial charge in [-0.15, -0.1) is 5.10 Å². The molecule has 1 aromatic heterocycles. The Hall–Kier alpha value is -1.63. The molecule has 2 N–H and O–H groups in total. The molecule has 0 unspecified atom stereocenters. The molecule has 0 saturated carbocycles. The lowest BCUT2D eigenvalue weighted by molar-refractivity contribution is -0.188. The topological polar surface area (TPSA) is 86.3 Å². The third-order valence-corrected chi connectivity index (χ3v) is 2.90. The van der Waals surface area contributed by atoms with E-state index in [2.05, 4.69) is 10.1 Å². The zero-order valence-electron chi connectivity index (χ0n) is 11.9. The standard InChI is InChI=1S/C12H21N5O2/c1-11(2)6-16(7-12(3,4)19-11)9(18)5-17-8-14-10(13)15-17/h8H,5-7H2,1-4H3,(H2,13,15). The van der Waals surface area contributed by atoms with Crippen LogP contribution in [0.15, 0.2) is 6.33 Å². The average molecular weight is 267 g/mol. The molecule has 0 radical (unpaired) electrons. The minimum absolute atomic E-state index is 0.00523. The van der Waals surface area contributed by atoms with Crippen LogP contribution in [0, 0.1) is 0 Å². The van der Waals surface area contributed by atoms with Crippen molar-refractivity contribution in [3.8, 4) is 0 Å².